The van der Waals surface area contributed by atoms with E-state index in [0.717, 1.165) is 10.6 Å². The molecule has 0 fully saturated rings. The summed E-state index contributed by atoms with van der Waals surface area (Å²) < 4.78 is 5.66. The molecule has 14 heavy (non-hydrogen) atoms. The monoisotopic (exact) mass is 213 g/mol. The normalized spacial score (nSPS) is 13.2. The second kappa shape index (κ2) is 5.35. The van der Waals surface area contributed by atoms with Crippen molar-refractivity contribution in [3.63, 3.8) is 0 Å². The first-order chi connectivity index (χ1) is 6.63. The van der Waals surface area contributed by atoms with E-state index in [2.05, 4.69) is 0 Å². The fourth-order valence-corrected chi connectivity index (χ4v) is 1.40. The van der Waals surface area contributed by atoms with E-state index >= 15 is 0 Å². The molecule has 0 spiro atoms. The predicted octanol–water partition coefficient (Wildman–Crippen LogP) is 2.76. The first-order valence-electron chi connectivity index (χ1n) is 4.74. The van der Waals surface area contributed by atoms with Crippen LogP contribution in [-0.2, 0) is 4.74 Å². The van der Waals surface area contributed by atoms with Crippen LogP contribution in [0, 0.1) is 0 Å². The Kier molecular flexibility index (Phi) is 4.39. The number of hydrogen-bond donors (Lipinski definition) is 1. The van der Waals surface area contributed by atoms with Crippen LogP contribution in [0.3, 0.4) is 0 Å². The van der Waals surface area contributed by atoms with E-state index in [1.807, 2.05) is 38.1 Å². The first-order valence-corrected chi connectivity index (χ1v) is 5.12. The summed E-state index contributed by atoms with van der Waals surface area (Å²) in [5, 5.41) is 0.731. The molecule has 78 valence electrons. The van der Waals surface area contributed by atoms with Gasteiger partial charge in [0, 0.05) is 11.6 Å². The maximum atomic E-state index is 5.79. The third-order valence-electron chi connectivity index (χ3n) is 1.89. The lowest BCUT2D eigenvalue weighted by atomic mass is 10.1. The standard InChI is InChI=1S/C11H16ClNO/c1-8(2)14-11(7-13)9-3-5-10(12)6-4-9/h3-6,8,11H,7,13H2,1-2H3. The van der Waals surface area contributed by atoms with Crippen LogP contribution >= 0.6 is 11.6 Å². The highest BCUT2D eigenvalue weighted by Crippen LogP contribution is 2.20. The van der Waals surface area contributed by atoms with Crippen molar-refractivity contribution < 1.29 is 4.74 Å². The number of ether oxygens (including phenoxy) is 1. The van der Waals surface area contributed by atoms with Gasteiger partial charge in [-0.25, -0.2) is 0 Å². The minimum Gasteiger partial charge on any atom is -0.370 e. The topological polar surface area (TPSA) is 35.2 Å². The zero-order valence-electron chi connectivity index (χ0n) is 8.53. The SMILES string of the molecule is CC(C)OC(CN)c1ccc(Cl)cc1. The van der Waals surface area contributed by atoms with Gasteiger partial charge in [-0.2, -0.15) is 0 Å². The van der Waals surface area contributed by atoms with Gasteiger partial charge in [-0.1, -0.05) is 23.7 Å². The molecule has 1 aromatic rings. The number of halogens is 1. The zero-order chi connectivity index (χ0) is 10.6. The zero-order valence-corrected chi connectivity index (χ0v) is 9.29. The largest absolute Gasteiger partial charge is 0.370 e. The van der Waals surface area contributed by atoms with E-state index < -0.39 is 0 Å². The average molecular weight is 214 g/mol. The molecule has 0 heterocycles. The van der Waals surface area contributed by atoms with Crippen molar-refractivity contribution in [2.45, 2.75) is 26.1 Å². The maximum absolute atomic E-state index is 5.79. The second-order valence-corrected chi connectivity index (χ2v) is 3.90. The highest BCUT2D eigenvalue weighted by atomic mass is 35.5. The maximum Gasteiger partial charge on any atom is 0.0950 e. The lowest BCUT2D eigenvalue weighted by molar-refractivity contribution is 0.0120. The first kappa shape index (κ1) is 11.5. The Morgan fingerprint density at radius 2 is 1.86 bits per heavy atom. The van der Waals surface area contributed by atoms with E-state index in [4.69, 9.17) is 22.1 Å². The minimum absolute atomic E-state index is 0.0349. The van der Waals surface area contributed by atoms with Crippen LogP contribution in [0.5, 0.6) is 0 Å². The number of benzene rings is 1. The lowest BCUT2D eigenvalue weighted by Crippen LogP contribution is -2.19. The molecule has 0 saturated heterocycles. The van der Waals surface area contributed by atoms with E-state index in [1.54, 1.807) is 0 Å². The fraction of sp³-hybridized carbons (Fsp3) is 0.455. The van der Waals surface area contributed by atoms with Crippen molar-refractivity contribution in [3.8, 4) is 0 Å². The molecule has 0 aliphatic heterocycles. The molecule has 2 nitrogen and oxygen atoms in total. The molecular weight excluding hydrogens is 198 g/mol. The van der Waals surface area contributed by atoms with Gasteiger partial charge in [0.25, 0.3) is 0 Å². The molecule has 1 unspecified atom stereocenters. The van der Waals surface area contributed by atoms with Gasteiger partial charge in [0.15, 0.2) is 0 Å². The molecular formula is C11H16ClNO. The average Bonchev–Trinajstić information content (AvgIpc) is 2.15. The summed E-state index contributed by atoms with van der Waals surface area (Å²) in [6.07, 6.45) is 0.145. The van der Waals surface area contributed by atoms with Crippen molar-refractivity contribution in [2.24, 2.45) is 5.73 Å². The Labute approximate surface area is 90.0 Å². The highest BCUT2D eigenvalue weighted by Gasteiger charge is 2.11. The van der Waals surface area contributed by atoms with Crippen molar-refractivity contribution in [1.82, 2.24) is 0 Å². The Hall–Kier alpha value is -0.570. The third-order valence-corrected chi connectivity index (χ3v) is 2.14. The number of nitrogens with two attached hydrogens (primary N) is 1. The molecule has 0 radical (unpaired) electrons. The van der Waals surface area contributed by atoms with E-state index in [-0.39, 0.29) is 12.2 Å². The van der Waals surface area contributed by atoms with Gasteiger partial charge in [0.1, 0.15) is 0 Å². The Morgan fingerprint density at radius 1 is 1.29 bits per heavy atom. The molecule has 1 atom stereocenters. The minimum atomic E-state index is -0.0349. The molecule has 0 amide bonds. The van der Waals surface area contributed by atoms with Crippen LogP contribution in [0.25, 0.3) is 0 Å². The van der Waals surface area contributed by atoms with Crippen molar-refractivity contribution >= 4 is 11.6 Å². The van der Waals surface area contributed by atoms with Crippen LogP contribution in [-0.4, -0.2) is 12.6 Å². The van der Waals surface area contributed by atoms with Crippen molar-refractivity contribution in [1.29, 1.82) is 0 Å². The van der Waals surface area contributed by atoms with Gasteiger partial charge < -0.3 is 10.5 Å². The molecule has 1 aromatic carbocycles. The van der Waals surface area contributed by atoms with Gasteiger partial charge >= 0.3 is 0 Å². The van der Waals surface area contributed by atoms with Crippen LogP contribution in [0.1, 0.15) is 25.5 Å². The van der Waals surface area contributed by atoms with Crippen LogP contribution in [0.4, 0.5) is 0 Å². The van der Waals surface area contributed by atoms with Crippen LogP contribution in [0.15, 0.2) is 24.3 Å². The van der Waals surface area contributed by atoms with Gasteiger partial charge in [0.2, 0.25) is 0 Å². The third kappa shape index (κ3) is 3.29. The number of hydrogen-bond acceptors (Lipinski definition) is 2. The highest BCUT2D eigenvalue weighted by molar-refractivity contribution is 6.30. The molecule has 0 saturated carbocycles. The van der Waals surface area contributed by atoms with Gasteiger partial charge in [-0.3, -0.25) is 0 Å². The van der Waals surface area contributed by atoms with Crippen molar-refractivity contribution in [2.75, 3.05) is 6.54 Å². The van der Waals surface area contributed by atoms with Crippen LogP contribution in [0.2, 0.25) is 5.02 Å². The second-order valence-electron chi connectivity index (χ2n) is 3.46. The van der Waals surface area contributed by atoms with Gasteiger partial charge in [-0.15, -0.1) is 0 Å². The Balaban J connectivity index is 2.73. The molecule has 2 N–H and O–H groups in total. The molecule has 0 aliphatic carbocycles. The molecule has 0 aromatic heterocycles. The summed E-state index contributed by atoms with van der Waals surface area (Å²) in [4.78, 5) is 0. The summed E-state index contributed by atoms with van der Waals surface area (Å²) in [7, 11) is 0. The van der Waals surface area contributed by atoms with E-state index in [1.165, 1.54) is 0 Å². The quantitative estimate of drug-likeness (QED) is 0.835. The number of rotatable bonds is 4. The Bertz CT molecular complexity index is 271. The van der Waals surface area contributed by atoms with E-state index in [9.17, 15) is 0 Å². The molecule has 1 rings (SSSR count). The summed E-state index contributed by atoms with van der Waals surface area (Å²) >= 11 is 5.79. The summed E-state index contributed by atoms with van der Waals surface area (Å²) in [5.74, 6) is 0. The molecule has 0 aliphatic rings. The fourth-order valence-electron chi connectivity index (χ4n) is 1.28. The smallest absolute Gasteiger partial charge is 0.0950 e. The Morgan fingerprint density at radius 3 is 2.29 bits per heavy atom. The van der Waals surface area contributed by atoms with Gasteiger partial charge in [0.05, 0.1) is 12.2 Å². The lowest BCUT2D eigenvalue weighted by Gasteiger charge is -2.19. The van der Waals surface area contributed by atoms with E-state index in [0.29, 0.717) is 6.54 Å². The molecule has 3 heteroatoms. The summed E-state index contributed by atoms with van der Waals surface area (Å²) in [6.45, 7) is 4.48. The summed E-state index contributed by atoms with van der Waals surface area (Å²) in [6, 6.07) is 7.59. The predicted molar refractivity (Wildman–Crippen MR) is 59.5 cm³/mol. The van der Waals surface area contributed by atoms with Crippen molar-refractivity contribution in [3.05, 3.63) is 34.9 Å². The van der Waals surface area contributed by atoms with Gasteiger partial charge in [-0.05, 0) is 31.5 Å². The summed E-state index contributed by atoms with van der Waals surface area (Å²) in [5.41, 5.74) is 6.71. The van der Waals surface area contributed by atoms with Crippen LogP contribution < -0.4 is 5.73 Å². The molecule has 0 bridgehead atoms.